The second-order valence-corrected chi connectivity index (χ2v) is 16.2. The minimum atomic E-state index is -0.556. The van der Waals surface area contributed by atoms with E-state index in [2.05, 4.69) is 111 Å². The Morgan fingerprint density at radius 1 is 0.424 bits per heavy atom. The van der Waals surface area contributed by atoms with Crippen LogP contribution in [0.4, 0.5) is 0 Å². The van der Waals surface area contributed by atoms with Crippen LogP contribution in [0.2, 0.25) is 0 Å². The van der Waals surface area contributed by atoms with Crippen LogP contribution in [0.25, 0.3) is 0 Å². The minimum absolute atomic E-state index is 0.188. The highest BCUT2D eigenvalue weighted by Crippen LogP contribution is 2.14. The summed E-state index contributed by atoms with van der Waals surface area (Å²) < 4.78 is 11.2. The highest BCUT2D eigenvalue weighted by Gasteiger charge is 2.13. The second kappa shape index (κ2) is 51.5. The third-order valence-corrected chi connectivity index (χ3v) is 10.4. The highest BCUT2D eigenvalue weighted by atomic mass is 16.6. The Labute approximate surface area is 366 Å². The van der Waals surface area contributed by atoms with E-state index in [0.29, 0.717) is 13.0 Å². The van der Waals surface area contributed by atoms with Crippen LogP contribution >= 0.6 is 0 Å². The van der Waals surface area contributed by atoms with Crippen molar-refractivity contribution in [3.8, 4) is 0 Å². The number of unbranched alkanes of at least 4 members (excludes halogenated alkanes) is 21. The van der Waals surface area contributed by atoms with E-state index in [9.17, 15) is 9.90 Å². The number of ether oxygens (including phenoxy) is 2. The fourth-order valence-corrected chi connectivity index (χ4v) is 6.71. The van der Waals surface area contributed by atoms with Gasteiger partial charge in [0.15, 0.2) is 0 Å². The van der Waals surface area contributed by atoms with Crippen LogP contribution < -0.4 is 0 Å². The number of hydrogen-bond acceptors (Lipinski definition) is 4. The van der Waals surface area contributed by atoms with Crippen LogP contribution in [0.5, 0.6) is 0 Å². The number of hydrogen-bond donors (Lipinski definition) is 1. The van der Waals surface area contributed by atoms with Crippen molar-refractivity contribution in [1.29, 1.82) is 0 Å². The van der Waals surface area contributed by atoms with Crippen LogP contribution in [0.15, 0.2) is 97.2 Å². The summed E-state index contributed by atoms with van der Waals surface area (Å²) in [5.74, 6) is -0.227. The van der Waals surface area contributed by atoms with Crippen LogP contribution in [0, 0.1) is 0 Å². The lowest BCUT2D eigenvalue weighted by molar-refractivity contribution is -0.154. The zero-order valence-corrected chi connectivity index (χ0v) is 38.7. The van der Waals surface area contributed by atoms with E-state index in [1.807, 2.05) is 0 Å². The van der Waals surface area contributed by atoms with Crippen LogP contribution in [0.3, 0.4) is 0 Å². The van der Waals surface area contributed by atoms with Gasteiger partial charge in [-0.15, -0.1) is 0 Å². The lowest BCUT2D eigenvalue weighted by Gasteiger charge is -2.15. The van der Waals surface area contributed by atoms with Crippen LogP contribution in [0.1, 0.15) is 219 Å². The Hall–Kier alpha value is -2.69. The summed E-state index contributed by atoms with van der Waals surface area (Å²) in [5.41, 5.74) is 0. The molecule has 0 aliphatic carbocycles. The molecule has 0 rings (SSSR count). The molecule has 0 spiro atoms. The number of esters is 1. The van der Waals surface area contributed by atoms with Crippen molar-refractivity contribution in [2.45, 2.75) is 225 Å². The first-order chi connectivity index (χ1) is 29.2. The molecule has 0 aliphatic rings. The Balaban J connectivity index is 3.51. The summed E-state index contributed by atoms with van der Waals surface area (Å²) in [6, 6.07) is 0. The molecule has 0 aliphatic heterocycles. The molecule has 0 aromatic carbocycles. The molecule has 0 amide bonds. The monoisotopic (exact) mass is 819 g/mol. The van der Waals surface area contributed by atoms with Gasteiger partial charge in [-0.1, -0.05) is 214 Å². The molecule has 0 heterocycles. The largest absolute Gasteiger partial charge is 0.457 e. The summed E-state index contributed by atoms with van der Waals surface area (Å²) >= 11 is 0. The average molecular weight is 819 g/mol. The number of carbonyl (C=O) groups excluding carboxylic acids is 1. The average Bonchev–Trinajstić information content (AvgIpc) is 3.24. The van der Waals surface area contributed by atoms with Gasteiger partial charge in [-0.2, -0.15) is 0 Å². The van der Waals surface area contributed by atoms with Gasteiger partial charge < -0.3 is 14.6 Å². The first-order valence-corrected chi connectivity index (χ1v) is 24.8. The van der Waals surface area contributed by atoms with Crippen molar-refractivity contribution in [1.82, 2.24) is 0 Å². The van der Waals surface area contributed by atoms with Crippen molar-refractivity contribution in [2.75, 3.05) is 19.8 Å². The van der Waals surface area contributed by atoms with Crippen LogP contribution in [-0.2, 0) is 14.3 Å². The van der Waals surface area contributed by atoms with Crippen molar-refractivity contribution < 1.29 is 19.4 Å². The van der Waals surface area contributed by atoms with E-state index >= 15 is 0 Å². The van der Waals surface area contributed by atoms with E-state index in [0.717, 1.165) is 83.5 Å². The van der Waals surface area contributed by atoms with Gasteiger partial charge in [-0.05, 0) is 96.3 Å². The smallest absolute Gasteiger partial charge is 0.306 e. The molecule has 0 radical (unpaired) electrons. The topological polar surface area (TPSA) is 55.8 Å². The molecule has 1 atom stereocenters. The maximum absolute atomic E-state index is 12.3. The molecule has 4 nitrogen and oxygen atoms in total. The lowest BCUT2D eigenvalue weighted by Crippen LogP contribution is -2.27. The number of carbonyl (C=O) groups is 1. The normalized spacial score (nSPS) is 13.2. The predicted molar refractivity (Wildman–Crippen MR) is 260 cm³/mol. The Morgan fingerprint density at radius 3 is 1.15 bits per heavy atom. The molecule has 1 unspecified atom stereocenters. The van der Waals surface area contributed by atoms with Crippen molar-refractivity contribution in [3.05, 3.63) is 97.2 Å². The quantitative estimate of drug-likeness (QED) is 0.0378. The molecule has 338 valence electrons. The fourth-order valence-electron chi connectivity index (χ4n) is 6.71. The first kappa shape index (κ1) is 56.3. The molecule has 4 heteroatoms. The van der Waals surface area contributed by atoms with E-state index < -0.39 is 6.10 Å². The molecule has 59 heavy (non-hydrogen) atoms. The zero-order chi connectivity index (χ0) is 42.6. The van der Waals surface area contributed by atoms with E-state index in [1.54, 1.807) is 0 Å². The highest BCUT2D eigenvalue weighted by molar-refractivity contribution is 5.69. The van der Waals surface area contributed by atoms with Crippen molar-refractivity contribution in [3.63, 3.8) is 0 Å². The van der Waals surface area contributed by atoms with Crippen molar-refractivity contribution >= 4 is 5.97 Å². The third kappa shape index (κ3) is 49.6. The standard InChI is InChI=1S/C55H94O4/c1-3-5-7-9-11-13-15-17-19-21-23-25-27-29-31-33-35-37-39-41-43-45-47-49-51-58-53-54(52-56)59-55(57)50-48-46-44-42-40-38-36-34-32-30-28-26-24-22-20-18-16-14-12-10-8-6-4-2/h6,8,12,14-15,17-18,20-21,23-24,26,30,32,36,38,54,56H,3-5,7,9-11,13,16,19,22,25,27-29,31,33-35,37,39-53H2,1-2H3/b8-6-,14-12-,17-15-,20-18-,23-21-,26-24-,32-30-,38-36-. The molecular formula is C55H94O4. The van der Waals surface area contributed by atoms with Gasteiger partial charge >= 0.3 is 5.97 Å². The summed E-state index contributed by atoms with van der Waals surface area (Å²) in [6.45, 7) is 5.19. The summed E-state index contributed by atoms with van der Waals surface area (Å²) in [6.07, 6.45) is 73.4. The molecule has 0 aromatic rings. The van der Waals surface area contributed by atoms with E-state index in [1.165, 1.54) is 116 Å². The van der Waals surface area contributed by atoms with E-state index in [4.69, 9.17) is 9.47 Å². The lowest BCUT2D eigenvalue weighted by atomic mass is 10.0. The summed E-state index contributed by atoms with van der Waals surface area (Å²) in [4.78, 5) is 12.3. The second-order valence-electron chi connectivity index (χ2n) is 16.2. The van der Waals surface area contributed by atoms with E-state index in [-0.39, 0.29) is 19.2 Å². The van der Waals surface area contributed by atoms with Gasteiger partial charge in [0, 0.05) is 13.0 Å². The maximum atomic E-state index is 12.3. The Morgan fingerprint density at radius 2 is 0.763 bits per heavy atom. The molecule has 0 aromatic heterocycles. The number of aliphatic hydroxyl groups is 1. The molecule has 0 bridgehead atoms. The van der Waals surface area contributed by atoms with Gasteiger partial charge in [0.1, 0.15) is 6.10 Å². The molecular weight excluding hydrogens is 725 g/mol. The molecule has 0 saturated carbocycles. The van der Waals surface area contributed by atoms with Gasteiger partial charge in [-0.25, -0.2) is 0 Å². The number of rotatable bonds is 45. The maximum Gasteiger partial charge on any atom is 0.306 e. The molecule has 1 N–H and O–H groups in total. The van der Waals surface area contributed by atoms with Gasteiger partial charge in [0.2, 0.25) is 0 Å². The molecule has 0 saturated heterocycles. The number of aliphatic hydroxyl groups excluding tert-OH is 1. The van der Waals surface area contributed by atoms with Crippen molar-refractivity contribution in [2.24, 2.45) is 0 Å². The fraction of sp³-hybridized carbons (Fsp3) is 0.691. The Kier molecular flexibility index (Phi) is 49.1. The summed E-state index contributed by atoms with van der Waals surface area (Å²) in [5, 5.41) is 9.64. The molecule has 0 fully saturated rings. The van der Waals surface area contributed by atoms with Gasteiger partial charge in [-0.3, -0.25) is 4.79 Å². The van der Waals surface area contributed by atoms with Gasteiger partial charge in [0.05, 0.1) is 13.2 Å². The SMILES string of the molecule is CC/C=C\C/C=C\C/C=C\C/C=C\C/C=C\C/C=C\CCCCCCC(=O)OC(CO)COCCCCCCCCCCCCCC/C=C\C/C=C\CCCCCCC. The van der Waals surface area contributed by atoms with Gasteiger partial charge in [0.25, 0.3) is 0 Å². The minimum Gasteiger partial charge on any atom is -0.457 e. The summed E-state index contributed by atoms with van der Waals surface area (Å²) in [7, 11) is 0. The predicted octanol–water partition coefficient (Wildman–Crippen LogP) is 16.9. The first-order valence-electron chi connectivity index (χ1n) is 24.8. The van der Waals surface area contributed by atoms with Crippen LogP contribution in [-0.4, -0.2) is 37.0 Å². The number of allylic oxidation sites excluding steroid dienone is 16. The third-order valence-electron chi connectivity index (χ3n) is 10.4. The zero-order valence-electron chi connectivity index (χ0n) is 38.7. The Bertz CT molecular complexity index is 1090.